The quantitative estimate of drug-likeness (QED) is 0.893. The van der Waals surface area contributed by atoms with Crippen LogP contribution >= 0.6 is 22.9 Å². The van der Waals surface area contributed by atoms with Gasteiger partial charge in [0.05, 0.1) is 6.04 Å². The zero-order valence-electron chi connectivity index (χ0n) is 9.07. The number of hydrogen-bond acceptors (Lipinski definition) is 5. The second kappa shape index (κ2) is 5.17. The summed E-state index contributed by atoms with van der Waals surface area (Å²) in [6.07, 6.45) is 4.33. The minimum absolute atomic E-state index is 0.0405. The number of nitrogens with one attached hydrogen (secondary N) is 2. The molecule has 88 valence electrons. The fourth-order valence-electron chi connectivity index (χ4n) is 1.41. The van der Waals surface area contributed by atoms with Gasteiger partial charge in [-0.1, -0.05) is 29.9 Å². The zero-order valence-corrected chi connectivity index (χ0v) is 10.6. The molecule has 0 saturated heterocycles. The Labute approximate surface area is 107 Å². The maximum atomic E-state index is 8.80. The smallest absolute Gasteiger partial charge is 0.186 e. The van der Waals surface area contributed by atoms with Crippen molar-refractivity contribution in [3.8, 4) is 6.07 Å². The third-order valence-electron chi connectivity index (χ3n) is 2.24. The number of aromatic nitrogens is 3. The third-order valence-corrected chi connectivity index (χ3v) is 3.52. The lowest BCUT2D eigenvalue weighted by atomic mass is 10.2. The highest BCUT2D eigenvalue weighted by Gasteiger charge is 2.15. The Hall–Kier alpha value is -1.58. The van der Waals surface area contributed by atoms with E-state index in [1.165, 1.54) is 11.3 Å². The van der Waals surface area contributed by atoms with Gasteiger partial charge in [0.15, 0.2) is 10.3 Å². The summed E-state index contributed by atoms with van der Waals surface area (Å²) in [4.78, 5) is 11.8. The van der Waals surface area contributed by atoms with Crippen LogP contribution in [0.15, 0.2) is 12.4 Å². The molecule has 17 heavy (non-hydrogen) atoms. The van der Waals surface area contributed by atoms with Gasteiger partial charge in [0.25, 0.3) is 0 Å². The molecule has 0 aliphatic carbocycles. The van der Waals surface area contributed by atoms with Crippen LogP contribution in [0.4, 0.5) is 5.13 Å². The molecule has 0 aliphatic rings. The van der Waals surface area contributed by atoms with Gasteiger partial charge in [-0.05, 0) is 6.42 Å². The van der Waals surface area contributed by atoms with E-state index < -0.39 is 0 Å². The predicted octanol–water partition coefficient (Wildman–Crippen LogP) is 2.95. The number of aromatic amines is 1. The first-order chi connectivity index (χ1) is 8.24. The van der Waals surface area contributed by atoms with Crippen LogP contribution in [0.3, 0.4) is 0 Å². The molecule has 0 radical (unpaired) electrons. The molecular weight excluding hydrogens is 258 g/mol. The SMILES string of the molecule is CCC(Nc1nc(Cl)c(C#N)s1)c1ncc[nH]1. The standard InChI is InChI=1S/C10H10ClN5S/c1-2-6(9-13-3-4-14-9)15-10-16-8(11)7(5-12)17-10/h3-4,6H,2H2,1H3,(H,13,14)(H,15,16). The van der Waals surface area contributed by atoms with Crippen LogP contribution < -0.4 is 5.32 Å². The molecule has 0 bridgehead atoms. The van der Waals surface area contributed by atoms with Crippen LogP contribution in [-0.4, -0.2) is 15.0 Å². The maximum Gasteiger partial charge on any atom is 0.186 e. The topological polar surface area (TPSA) is 77.4 Å². The molecule has 2 aromatic heterocycles. The number of nitriles is 1. The molecule has 0 aliphatic heterocycles. The molecule has 0 saturated carbocycles. The Kier molecular flexibility index (Phi) is 3.61. The Morgan fingerprint density at radius 3 is 3.06 bits per heavy atom. The molecule has 0 aromatic carbocycles. The Bertz CT molecular complexity index is 527. The van der Waals surface area contributed by atoms with Crippen LogP contribution in [0.5, 0.6) is 0 Å². The lowest BCUT2D eigenvalue weighted by Crippen LogP contribution is -2.10. The second-order valence-corrected chi connectivity index (χ2v) is 4.69. The zero-order chi connectivity index (χ0) is 12.3. The lowest BCUT2D eigenvalue weighted by Gasteiger charge is -2.12. The Morgan fingerprint density at radius 2 is 2.53 bits per heavy atom. The van der Waals surface area contributed by atoms with E-state index in [0.29, 0.717) is 10.0 Å². The van der Waals surface area contributed by atoms with E-state index in [0.717, 1.165) is 12.2 Å². The summed E-state index contributed by atoms with van der Waals surface area (Å²) in [6.45, 7) is 2.04. The number of imidazole rings is 1. The summed E-state index contributed by atoms with van der Waals surface area (Å²) < 4.78 is 0. The first kappa shape index (κ1) is 11.9. The van der Waals surface area contributed by atoms with Crippen LogP contribution in [0, 0.1) is 11.3 Å². The number of anilines is 1. The van der Waals surface area contributed by atoms with Crippen molar-refractivity contribution >= 4 is 28.1 Å². The number of thiazole rings is 1. The second-order valence-electron chi connectivity index (χ2n) is 3.33. The van der Waals surface area contributed by atoms with E-state index in [1.807, 2.05) is 13.0 Å². The van der Waals surface area contributed by atoms with Crippen molar-refractivity contribution in [3.05, 3.63) is 28.2 Å². The fraction of sp³-hybridized carbons (Fsp3) is 0.300. The molecule has 2 N–H and O–H groups in total. The van der Waals surface area contributed by atoms with Gasteiger partial charge in [-0.15, -0.1) is 0 Å². The molecule has 7 heteroatoms. The average molecular weight is 268 g/mol. The van der Waals surface area contributed by atoms with E-state index in [1.54, 1.807) is 12.4 Å². The van der Waals surface area contributed by atoms with Crippen LogP contribution in [-0.2, 0) is 0 Å². The number of nitrogens with zero attached hydrogens (tertiary/aromatic N) is 3. The van der Waals surface area contributed by atoms with Gasteiger partial charge in [-0.2, -0.15) is 5.26 Å². The number of hydrogen-bond donors (Lipinski definition) is 2. The van der Waals surface area contributed by atoms with Gasteiger partial charge < -0.3 is 10.3 Å². The number of halogens is 1. The van der Waals surface area contributed by atoms with Crippen molar-refractivity contribution in [2.45, 2.75) is 19.4 Å². The van der Waals surface area contributed by atoms with Crippen molar-refractivity contribution < 1.29 is 0 Å². The van der Waals surface area contributed by atoms with E-state index in [2.05, 4.69) is 20.3 Å². The van der Waals surface area contributed by atoms with E-state index in [-0.39, 0.29) is 11.2 Å². The average Bonchev–Trinajstić information content (AvgIpc) is 2.95. The fourth-order valence-corrected chi connectivity index (χ4v) is 2.41. The maximum absolute atomic E-state index is 8.80. The highest BCUT2D eigenvalue weighted by molar-refractivity contribution is 7.16. The van der Waals surface area contributed by atoms with E-state index >= 15 is 0 Å². The summed E-state index contributed by atoms with van der Waals surface area (Å²) in [5, 5.41) is 12.9. The molecule has 5 nitrogen and oxygen atoms in total. The molecule has 2 rings (SSSR count). The summed E-state index contributed by atoms with van der Waals surface area (Å²) in [5.41, 5.74) is 0. The minimum atomic E-state index is 0.0405. The summed E-state index contributed by atoms with van der Waals surface area (Å²) >= 11 is 7.05. The van der Waals surface area contributed by atoms with Crippen molar-refractivity contribution in [2.24, 2.45) is 0 Å². The van der Waals surface area contributed by atoms with Crippen LogP contribution in [0.1, 0.15) is 30.1 Å². The molecule has 0 amide bonds. The van der Waals surface area contributed by atoms with Gasteiger partial charge in [-0.25, -0.2) is 9.97 Å². The third kappa shape index (κ3) is 2.57. The molecule has 1 atom stereocenters. The minimum Gasteiger partial charge on any atom is -0.352 e. The Morgan fingerprint density at radius 1 is 1.71 bits per heavy atom. The molecule has 0 spiro atoms. The van der Waals surface area contributed by atoms with E-state index in [4.69, 9.17) is 16.9 Å². The normalized spacial score (nSPS) is 12.1. The lowest BCUT2D eigenvalue weighted by molar-refractivity contribution is 0.703. The predicted molar refractivity (Wildman–Crippen MR) is 67.1 cm³/mol. The van der Waals surface area contributed by atoms with Gasteiger partial charge in [0, 0.05) is 12.4 Å². The number of rotatable bonds is 4. The van der Waals surface area contributed by atoms with Gasteiger partial charge >= 0.3 is 0 Å². The summed E-state index contributed by atoms with van der Waals surface area (Å²) in [7, 11) is 0. The summed E-state index contributed by atoms with van der Waals surface area (Å²) in [5.74, 6) is 0.845. The van der Waals surface area contributed by atoms with Crippen molar-refractivity contribution in [3.63, 3.8) is 0 Å². The van der Waals surface area contributed by atoms with Crippen molar-refractivity contribution in [1.29, 1.82) is 5.26 Å². The molecule has 2 aromatic rings. The van der Waals surface area contributed by atoms with Crippen LogP contribution in [0.25, 0.3) is 0 Å². The van der Waals surface area contributed by atoms with E-state index in [9.17, 15) is 0 Å². The molecular formula is C10H10ClN5S. The van der Waals surface area contributed by atoms with Crippen molar-refractivity contribution in [1.82, 2.24) is 15.0 Å². The molecule has 0 fully saturated rings. The highest BCUT2D eigenvalue weighted by atomic mass is 35.5. The van der Waals surface area contributed by atoms with Gasteiger partial charge in [0.1, 0.15) is 16.8 Å². The van der Waals surface area contributed by atoms with Crippen molar-refractivity contribution in [2.75, 3.05) is 5.32 Å². The van der Waals surface area contributed by atoms with Crippen LogP contribution in [0.2, 0.25) is 5.15 Å². The Balaban J connectivity index is 2.16. The monoisotopic (exact) mass is 267 g/mol. The number of H-pyrrole nitrogens is 1. The molecule has 1 unspecified atom stereocenters. The first-order valence-corrected chi connectivity index (χ1v) is 6.26. The molecule has 2 heterocycles. The first-order valence-electron chi connectivity index (χ1n) is 5.06. The summed E-state index contributed by atoms with van der Waals surface area (Å²) in [6, 6.07) is 2.04. The van der Waals surface area contributed by atoms with Gasteiger partial charge in [-0.3, -0.25) is 0 Å². The van der Waals surface area contributed by atoms with Gasteiger partial charge in [0.2, 0.25) is 0 Å². The largest absolute Gasteiger partial charge is 0.352 e. The highest BCUT2D eigenvalue weighted by Crippen LogP contribution is 2.29.